The van der Waals surface area contributed by atoms with Gasteiger partial charge in [0.1, 0.15) is 6.04 Å². The highest BCUT2D eigenvalue weighted by molar-refractivity contribution is 6.04. The van der Waals surface area contributed by atoms with E-state index in [-0.39, 0.29) is 12.5 Å². The van der Waals surface area contributed by atoms with E-state index in [1.54, 1.807) is 0 Å². The zero-order valence-electron chi connectivity index (χ0n) is 12.5. The van der Waals surface area contributed by atoms with Crippen LogP contribution in [0.3, 0.4) is 0 Å². The number of carbonyl (C=O) groups is 2. The van der Waals surface area contributed by atoms with E-state index in [9.17, 15) is 14.7 Å². The van der Waals surface area contributed by atoms with Gasteiger partial charge < -0.3 is 10.4 Å². The number of unbranched alkanes of at least 4 members (excludes halogenated alkanes) is 1. The molecule has 1 fully saturated rings. The molecule has 2 rings (SSSR count). The van der Waals surface area contributed by atoms with E-state index in [2.05, 4.69) is 5.32 Å². The molecule has 1 aromatic rings. The summed E-state index contributed by atoms with van der Waals surface area (Å²) in [7, 11) is 0. The van der Waals surface area contributed by atoms with Crippen LogP contribution in [0.1, 0.15) is 43.4 Å². The number of rotatable bonds is 6. The van der Waals surface area contributed by atoms with Crippen LogP contribution < -0.4 is 5.32 Å². The standard InChI is InChI=1S/C16H22N2O3/c1-3-4-9-13-15(20)18(16(21)17-13)10-14(19)12-8-6-5-7-11(12)2/h5-8,13-14,19H,3-4,9-10H2,1-2H3,(H,17,21). The van der Waals surface area contributed by atoms with Crippen molar-refractivity contribution < 1.29 is 14.7 Å². The Morgan fingerprint density at radius 3 is 2.71 bits per heavy atom. The van der Waals surface area contributed by atoms with Gasteiger partial charge in [0.25, 0.3) is 5.91 Å². The van der Waals surface area contributed by atoms with Crippen molar-refractivity contribution in [2.24, 2.45) is 0 Å². The van der Waals surface area contributed by atoms with Crippen LogP contribution in [0.5, 0.6) is 0 Å². The predicted molar refractivity (Wildman–Crippen MR) is 79.7 cm³/mol. The second-order valence-electron chi connectivity index (χ2n) is 5.47. The highest BCUT2D eigenvalue weighted by atomic mass is 16.3. The monoisotopic (exact) mass is 290 g/mol. The first kappa shape index (κ1) is 15.5. The third kappa shape index (κ3) is 3.42. The van der Waals surface area contributed by atoms with E-state index in [4.69, 9.17) is 0 Å². The molecule has 1 heterocycles. The second kappa shape index (κ2) is 6.72. The van der Waals surface area contributed by atoms with Crippen molar-refractivity contribution in [3.63, 3.8) is 0 Å². The number of benzene rings is 1. The summed E-state index contributed by atoms with van der Waals surface area (Å²) >= 11 is 0. The first-order valence-corrected chi connectivity index (χ1v) is 7.40. The number of hydrogen-bond donors (Lipinski definition) is 2. The van der Waals surface area contributed by atoms with Crippen molar-refractivity contribution in [2.45, 2.75) is 45.3 Å². The summed E-state index contributed by atoms with van der Waals surface area (Å²) in [6.45, 7) is 3.94. The molecule has 1 aliphatic rings. The predicted octanol–water partition coefficient (Wildman–Crippen LogP) is 2.14. The molecule has 21 heavy (non-hydrogen) atoms. The summed E-state index contributed by atoms with van der Waals surface area (Å²) in [5.41, 5.74) is 1.69. The molecule has 0 aromatic heterocycles. The third-order valence-electron chi connectivity index (χ3n) is 3.86. The average molecular weight is 290 g/mol. The van der Waals surface area contributed by atoms with Gasteiger partial charge in [-0.2, -0.15) is 0 Å². The van der Waals surface area contributed by atoms with E-state index >= 15 is 0 Å². The molecule has 5 nitrogen and oxygen atoms in total. The van der Waals surface area contributed by atoms with Crippen molar-refractivity contribution in [3.8, 4) is 0 Å². The molecule has 1 saturated heterocycles. The highest BCUT2D eigenvalue weighted by Gasteiger charge is 2.38. The maximum Gasteiger partial charge on any atom is 0.324 e. The first-order chi connectivity index (χ1) is 10.0. The Kier molecular flexibility index (Phi) is 4.96. The lowest BCUT2D eigenvalue weighted by Crippen LogP contribution is -2.35. The lowest BCUT2D eigenvalue weighted by atomic mass is 10.0. The maximum absolute atomic E-state index is 12.2. The van der Waals surface area contributed by atoms with Gasteiger partial charge in [0.15, 0.2) is 0 Å². The van der Waals surface area contributed by atoms with Gasteiger partial charge in [-0.25, -0.2) is 4.79 Å². The first-order valence-electron chi connectivity index (χ1n) is 7.40. The van der Waals surface area contributed by atoms with Crippen molar-refractivity contribution in [2.75, 3.05) is 6.54 Å². The number of aliphatic hydroxyl groups is 1. The van der Waals surface area contributed by atoms with Gasteiger partial charge in [0.2, 0.25) is 0 Å². The molecule has 0 radical (unpaired) electrons. The van der Waals surface area contributed by atoms with Crippen LogP contribution >= 0.6 is 0 Å². The van der Waals surface area contributed by atoms with E-state index in [0.29, 0.717) is 6.42 Å². The van der Waals surface area contributed by atoms with Crippen LogP contribution in [0.2, 0.25) is 0 Å². The molecule has 1 aliphatic heterocycles. The van der Waals surface area contributed by atoms with Crippen LogP contribution in [-0.4, -0.2) is 34.5 Å². The van der Waals surface area contributed by atoms with Crippen LogP contribution in [-0.2, 0) is 4.79 Å². The van der Waals surface area contributed by atoms with Gasteiger partial charge in [-0.3, -0.25) is 9.69 Å². The number of nitrogens with zero attached hydrogens (tertiary/aromatic N) is 1. The van der Waals surface area contributed by atoms with Crippen LogP contribution in [0.15, 0.2) is 24.3 Å². The van der Waals surface area contributed by atoms with Gasteiger partial charge in [0, 0.05) is 0 Å². The summed E-state index contributed by atoms with van der Waals surface area (Å²) in [4.78, 5) is 25.2. The van der Waals surface area contributed by atoms with Crippen LogP contribution in [0, 0.1) is 6.92 Å². The molecule has 5 heteroatoms. The summed E-state index contributed by atoms with van der Waals surface area (Å²) in [6, 6.07) is 6.58. The maximum atomic E-state index is 12.2. The fourth-order valence-electron chi connectivity index (χ4n) is 2.59. The quantitative estimate of drug-likeness (QED) is 0.789. The van der Waals surface area contributed by atoms with E-state index in [1.165, 1.54) is 0 Å². The van der Waals surface area contributed by atoms with Gasteiger partial charge in [-0.05, 0) is 24.5 Å². The molecule has 0 spiro atoms. The zero-order chi connectivity index (χ0) is 15.4. The van der Waals surface area contributed by atoms with Crippen molar-refractivity contribution >= 4 is 11.9 Å². The highest BCUT2D eigenvalue weighted by Crippen LogP contribution is 2.21. The molecule has 2 unspecified atom stereocenters. The van der Waals surface area contributed by atoms with Gasteiger partial charge in [-0.15, -0.1) is 0 Å². The number of amides is 3. The molecular formula is C16H22N2O3. The molecule has 114 valence electrons. The molecule has 2 atom stereocenters. The normalized spacial score (nSPS) is 19.8. The summed E-state index contributed by atoms with van der Waals surface area (Å²) in [5.74, 6) is -0.235. The molecule has 3 amide bonds. The fourth-order valence-corrected chi connectivity index (χ4v) is 2.59. The summed E-state index contributed by atoms with van der Waals surface area (Å²) in [6.07, 6.45) is 1.67. The summed E-state index contributed by atoms with van der Waals surface area (Å²) in [5, 5.41) is 13.0. The van der Waals surface area contributed by atoms with Crippen LogP contribution in [0.25, 0.3) is 0 Å². The lowest BCUT2D eigenvalue weighted by molar-refractivity contribution is -0.128. The Bertz CT molecular complexity index is 530. The number of nitrogens with one attached hydrogen (secondary N) is 1. The number of urea groups is 1. The minimum absolute atomic E-state index is 0.00184. The third-order valence-corrected chi connectivity index (χ3v) is 3.86. The van der Waals surface area contributed by atoms with Gasteiger partial charge in [0.05, 0.1) is 12.6 Å². The number of imide groups is 1. The molecule has 1 aromatic carbocycles. The SMILES string of the molecule is CCCCC1NC(=O)N(CC(O)c2ccccc2C)C1=O. The smallest absolute Gasteiger partial charge is 0.324 e. The Labute approximate surface area is 125 Å². The number of hydrogen-bond acceptors (Lipinski definition) is 3. The van der Waals surface area contributed by atoms with Gasteiger partial charge >= 0.3 is 6.03 Å². The molecule has 0 bridgehead atoms. The van der Waals surface area contributed by atoms with E-state index in [1.807, 2.05) is 38.1 Å². The Morgan fingerprint density at radius 2 is 2.05 bits per heavy atom. The molecule has 2 N–H and O–H groups in total. The Morgan fingerprint density at radius 1 is 1.33 bits per heavy atom. The van der Waals surface area contributed by atoms with Crippen molar-refractivity contribution in [3.05, 3.63) is 35.4 Å². The zero-order valence-corrected chi connectivity index (χ0v) is 12.5. The topological polar surface area (TPSA) is 69.6 Å². The Hall–Kier alpha value is -1.88. The van der Waals surface area contributed by atoms with E-state index in [0.717, 1.165) is 28.9 Å². The van der Waals surface area contributed by atoms with Gasteiger partial charge in [-0.1, -0.05) is 44.0 Å². The number of aliphatic hydroxyl groups excluding tert-OH is 1. The fraction of sp³-hybridized carbons (Fsp3) is 0.500. The average Bonchev–Trinajstić information content (AvgIpc) is 2.73. The number of aryl methyl sites for hydroxylation is 1. The Balaban J connectivity index is 2.04. The number of carbonyl (C=O) groups excluding carboxylic acids is 2. The number of β-amino-alcohol motifs (C(OH)–C–C–N with tert-alkyl or cyclic N) is 1. The minimum atomic E-state index is -0.856. The largest absolute Gasteiger partial charge is 0.387 e. The minimum Gasteiger partial charge on any atom is -0.387 e. The molecule has 0 aliphatic carbocycles. The molecular weight excluding hydrogens is 268 g/mol. The molecule has 0 saturated carbocycles. The van der Waals surface area contributed by atoms with Crippen LogP contribution in [0.4, 0.5) is 4.79 Å². The van der Waals surface area contributed by atoms with E-state index < -0.39 is 18.2 Å². The second-order valence-corrected chi connectivity index (χ2v) is 5.47. The summed E-state index contributed by atoms with van der Waals surface area (Å²) < 4.78 is 0. The van der Waals surface area contributed by atoms with Crippen molar-refractivity contribution in [1.82, 2.24) is 10.2 Å². The lowest BCUT2D eigenvalue weighted by Gasteiger charge is -2.19. The van der Waals surface area contributed by atoms with Crippen molar-refractivity contribution in [1.29, 1.82) is 0 Å².